The number of rotatable bonds is 21. The van der Waals surface area contributed by atoms with Gasteiger partial charge in [-0.15, -0.1) is 0 Å². The van der Waals surface area contributed by atoms with E-state index in [4.69, 9.17) is 4.74 Å². The van der Waals surface area contributed by atoms with E-state index in [1.807, 2.05) is 12.1 Å². The van der Waals surface area contributed by atoms with Crippen LogP contribution in [0.5, 0.6) is 5.75 Å². The number of hydroxylamine groups is 4. The van der Waals surface area contributed by atoms with Crippen molar-refractivity contribution in [3.05, 3.63) is 39.2 Å². The lowest BCUT2D eigenvalue weighted by atomic mass is 10.0. The molecule has 0 aliphatic rings. The Bertz CT molecular complexity index is 574. The average molecular weight is 463 g/mol. The molecule has 0 N–H and O–H groups in total. The third-order valence-corrected chi connectivity index (χ3v) is 6.24. The van der Waals surface area contributed by atoms with E-state index in [2.05, 4.69) is 13.8 Å². The van der Waals surface area contributed by atoms with Crippen molar-refractivity contribution in [1.29, 1.82) is 0 Å². The van der Waals surface area contributed by atoms with Crippen molar-refractivity contribution >= 4 is 0 Å². The van der Waals surface area contributed by atoms with Gasteiger partial charge < -0.3 is 25.3 Å². The first-order valence-corrected chi connectivity index (χ1v) is 13.5. The Hall–Kier alpha value is -1.14. The molecule has 192 valence electrons. The topological polar surface area (TPSA) is 61.8 Å². The van der Waals surface area contributed by atoms with Gasteiger partial charge in [0.1, 0.15) is 5.75 Å². The van der Waals surface area contributed by atoms with Crippen molar-refractivity contribution in [2.75, 3.05) is 20.7 Å². The van der Waals surface area contributed by atoms with Crippen LogP contribution >= 0.6 is 0 Å². The smallest absolute Gasteiger partial charge is 0.128 e. The minimum atomic E-state index is 0.275. The Balaban J connectivity index is 2.28. The first kappa shape index (κ1) is 29.9. The molecule has 1 rings (SSSR count). The Morgan fingerprint density at radius 1 is 0.636 bits per heavy atom. The van der Waals surface area contributed by atoms with Crippen molar-refractivity contribution in [2.24, 2.45) is 0 Å². The van der Waals surface area contributed by atoms with Crippen LogP contribution in [0.25, 0.3) is 0 Å². The fourth-order valence-electron chi connectivity index (χ4n) is 4.40. The van der Waals surface area contributed by atoms with Crippen LogP contribution in [0.2, 0.25) is 0 Å². The van der Waals surface area contributed by atoms with Gasteiger partial charge in [0.2, 0.25) is 0 Å². The molecule has 0 fully saturated rings. The lowest BCUT2D eigenvalue weighted by Crippen LogP contribution is -2.15. The second-order valence-corrected chi connectivity index (χ2v) is 9.61. The summed E-state index contributed by atoms with van der Waals surface area (Å²) in [6.45, 7) is 5.54. The monoisotopic (exact) mass is 462 g/mol. The van der Waals surface area contributed by atoms with E-state index in [1.54, 1.807) is 0 Å². The van der Waals surface area contributed by atoms with E-state index in [1.165, 1.54) is 91.1 Å². The molecule has 0 amide bonds. The van der Waals surface area contributed by atoms with Crippen LogP contribution in [0, 0.1) is 10.4 Å². The summed E-state index contributed by atoms with van der Waals surface area (Å²) in [4.78, 5) is 0. The maximum absolute atomic E-state index is 11.7. The molecular formula is C28H50N2O3-2. The second kappa shape index (κ2) is 19.2. The molecule has 1 aromatic rings. The van der Waals surface area contributed by atoms with Crippen molar-refractivity contribution in [3.8, 4) is 5.75 Å². The largest absolute Gasteiger partial charge is 0.785 e. The van der Waals surface area contributed by atoms with E-state index in [0.29, 0.717) is 6.61 Å². The number of ether oxygens (including phenoxy) is 1. The summed E-state index contributed by atoms with van der Waals surface area (Å²) in [5.74, 6) is 0.729. The third-order valence-electron chi connectivity index (χ3n) is 6.24. The standard InChI is InChI=1S/C28H50N2O3/c1-5-7-8-9-10-11-12-13-14-15-16-17-18-19-20-33-28-26(23-29(3)31)21-25(6-2)22-27(28)24-30(4)32/h21-22H,5-20,23-24H2,1-4H3/q-2. The van der Waals surface area contributed by atoms with Crippen LogP contribution in [-0.2, 0) is 19.5 Å². The summed E-state index contributed by atoms with van der Waals surface area (Å²) in [5, 5.41) is 25.2. The number of hydrogen-bond donors (Lipinski definition) is 0. The van der Waals surface area contributed by atoms with Crippen molar-refractivity contribution in [1.82, 2.24) is 10.1 Å². The SMILES string of the molecule is CCCCCCCCCCCCCCCCOc1c(CN(C)[O-])cc(CC)cc1CN(C)[O-]. The second-order valence-electron chi connectivity index (χ2n) is 9.61. The van der Waals surface area contributed by atoms with Gasteiger partial charge in [0.25, 0.3) is 0 Å². The molecule has 0 radical (unpaired) electrons. The molecule has 0 saturated heterocycles. The molecule has 1 aromatic carbocycles. The van der Waals surface area contributed by atoms with Gasteiger partial charge in [-0.25, -0.2) is 0 Å². The number of aryl methyl sites for hydroxylation is 1. The quantitative estimate of drug-likeness (QED) is 0.137. The predicted octanol–water partition coefficient (Wildman–Crippen LogP) is 7.97. The molecule has 0 spiro atoms. The van der Waals surface area contributed by atoms with E-state index in [-0.39, 0.29) is 13.1 Å². The number of unbranched alkanes of at least 4 members (excludes halogenated alkanes) is 13. The van der Waals surface area contributed by atoms with Gasteiger partial charge in [0, 0.05) is 24.2 Å². The Morgan fingerprint density at radius 3 is 1.39 bits per heavy atom. The van der Waals surface area contributed by atoms with Gasteiger partial charge in [0.05, 0.1) is 6.61 Å². The van der Waals surface area contributed by atoms with Gasteiger partial charge in [-0.1, -0.05) is 109 Å². The fourth-order valence-corrected chi connectivity index (χ4v) is 4.40. The van der Waals surface area contributed by atoms with E-state index in [9.17, 15) is 10.4 Å². The van der Waals surface area contributed by atoms with Crippen LogP contribution in [0.3, 0.4) is 0 Å². The molecule has 0 saturated carbocycles. The van der Waals surface area contributed by atoms with Gasteiger partial charge >= 0.3 is 0 Å². The van der Waals surface area contributed by atoms with E-state index in [0.717, 1.165) is 51.8 Å². The van der Waals surface area contributed by atoms with Crippen LogP contribution in [0.4, 0.5) is 0 Å². The third kappa shape index (κ3) is 14.7. The number of benzene rings is 1. The van der Waals surface area contributed by atoms with Crippen LogP contribution in [-0.4, -0.2) is 30.8 Å². The molecule has 5 heteroatoms. The summed E-state index contributed by atoms with van der Waals surface area (Å²) in [6, 6.07) is 4.09. The predicted molar refractivity (Wildman–Crippen MR) is 141 cm³/mol. The van der Waals surface area contributed by atoms with Crippen molar-refractivity contribution in [3.63, 3.8) is 0 Å². The lowest BCUT2D eigenvalue weighted by molar-refractivity contribution is 0.289. The zero-order valence-corrected chi connectivity index (χ0v) is 22.0. The highest BCUT2D eigenvalue weighted by atomic mass is 16.5. The summed E-state index contributed by atoms with van der Waals surface area (Å²) >= 11 is 0. The Labute approximate surface area is 204 Å². The highest BCUT2D eigenvalue weighted by molar-refractivity contribution is 5.45. The molecule has 0 aliphatic carbocycles. The maximum Gasteiger partial charge on any atom is 0.128 e. The molecule has 33 heavy (non-hydrogen) atoms. The molecule has 0 bridgehead atoms. The van der Waals surface area contributed by atoms with E-state index >= 15 is 0 Å². The lowest BCUT2D eigenvalue weighted by Gasteiger charge is -2.28. The molecular weight excluding hydrogens is 412 g/mol. The number of nitrogens with zero attached hydrogens (tertiary/aromatic N) is 2. The summed E-state index contributed by atoms with van der Waals surface area (Å²) in [6.07, 6.45) is 19.5. The number of hydrogen-bond acceptors (Lipinski definition) is 5. The molecule has 0 aromatic heterocycles. The van der Waals surface area contributed by atoms with Crippen LogP contribution in [0.1, 0.15) is 120 Å². The maximum atomic E-state index is 11.7. The minimum absolute atomic E-state index is 0.275. The molecule has 0 atom stereocenters. The van der Waals surface area contributed by atoms with Crippen molar-refractivity contribution < 1.29 is 4.74 Å². The zero-order chi connectivity index (χ0) is 24.3. The Kier molecular flexibility index (Phi) is 17.4. The zero-order valence-electron chi connectivity index (χ0n) is 22.0. The van der Waals surface area contributed by atoms with Gasteiger partial charge in [0.15, 0.2) is 0 Å². The van der Waals surface area contributed by atoms with Gasteiger partial charge in [-0.3, -0.25) is 0 Å². The summed E-state index contributed by atoms with van der Waals surface area (Å²) in [5.41, 5.74) is 2.90. The van der Waals surface area contributed by atoms with Crippen LogP contribution < -0.4 is 4.74 Å². The molecule has 5 nitrogen and oxygen atoms in total. The van der Waals surface area contributed by atoms with Gasteiger partial charge in [-0.05, 0) is 32.5 Å². The normalized spacial score (nSPS) is 11.6. The first-order valence-electron chi connectivity index (χ1n) is 13.5. The van der Waals surface area contributed by atoms with Crippen molar-refractivity contribution in [2.45, 2.75) is 123 Å². The fraction of sp³-hybridized carbons (Fsp3) is 0.786. The first-order chi connectivity index (χ1) is 16.0. The van der Waals surface area contributed by atoms with E-state index < -0.39 is 0 Å². The molecule has 0 aliphatic heterocycles. The van der Waals surface area contributed by atoms with Crippen LogP contribution in [0.15, 0.2) is 12.1 Å². The van der Waals surface area contributed by atoms with Gasteiger partial charge in [-0.2, -0.15) is 0 Å². The minimum Gasteiger partial charge on any atom is -0.785 e. The molecule has 0 heterocycles. The summed E-state index contributed by atoms with van der Waals surface area (Å²) in [7, 11) is 3.05. The highest BCUT2D eigenvalue weighted by Crippen LogP contribution is 2.29. The summed E-state index contributed by atoms with van der Waals surface area (Å²) < 4.78 is 6.15. The molecule has 0 unspecified atom stereocenters. The highest BCUT2D eigenvalue weighted by Gasteiger charge is 2.12. The Morgan fingerprint density at radius 2 is 1.03 bits per heavy atom. The average Bonchev–Trinajstić information content (AvgIpc) is 2.76.